The Hall–Kier alpha value is -2.11. The fourth-order valence-corrected chi connectivity index (χ4v) is 2.01. The van der Waals surface area contributed by atoms with Crippen molar-refractivity contribution in [2.45, 2.75) is 12.8 Å². The maximum Gasteiger partial charge on any atom is 0.307 e. The average Bonchev–Trinajstić information content (AvgIpc) is 2.20. The van der Waals surface area contributed by atoms with Crippen LogP contribution in [0.4, 0.5) is 5.69 Å². The fraction of sp³-hybridized carbons (Fsp3) is 0.417. The lowest BCUT2D eigenvalue weighted by Gasteiger charge is -2.31. The molecule has 1 aliphatic rings. The number of aliphatic carboxylic acids is 1. The standard InChI is InChI=1S/C12H14N2O4/c1-14-6-7(2-5-10(14)15)13-11(16)8-3-4-9(8)12(17)18/h2,5-6,8-9H,3-4H2,1H3,(H,13,16)(H,17,18). The minimum absolute atomic E-state index is 0.167. The second-order valence-corrected chi connectivity index (χ2v) is 4.48. The maximum atomic E-state index is 11.8. The van der Waals surface area contributed by atoms with E-state index >= 15 is 0 Å². The first-order valence-corrected chi connectivity index (χ1v) is 5.69. The molecule has 0 aromatic carbocycles. The zero-order chi connectivity index (χ0) is 13.3. The molecule has 1 heterocycles. The normalized spacial score (nSPS) is 22.1. The highest BCUT2D eigenvalue weighted by molar-refractivity contribution is 5.95. The lowest BCUT2D eigenvalue weighted by atomic mass is 9.73. The van der Waals surface area contributed by atoms with Crippen molar-refractivity contribution in [3.63, 3.8) is 0 Å². The smallest absolute Gasteiger partial charge is 0.307 e. The molecule has 0 saturated heterocycles. The molecule has 1 fully saturated rings. The molecule has 6 heteroatoms. The van der Waals surface area contributed by atoms with E-state index in [0.29, 0.717) is 18.5 Å². The van der Waals surface area contributed by atoms with Gasteiger partial charge >= 0.3 is 5.97 Å². The predicted molar refractivity (Wildman–Crippen MR) is 64.2 cm³/mol. The van der Waals surface area contributed by atoms with Crippen LogP contribution in [0.2, 0.25) is 0 Å². The summed E-state index contributed by atoms with van der Waals surface area (Å²) < 4.78 is 1.35. The SMILES string of the molecule is Cn1cc(NC(=O)C2CCC2C(=O)O)ccc1=O. The number of pyridine rings is 1. The Bertz CT molecular complexity index is 549. The van der Waals surface area contributed by atoms with Crippen LogP contribution in [0.5, 0.6) is 0 Å². The predicted octanol–water partition coefficient (Wildman–Crippen LogP) is 0.435. The van der Waals surface area contributed by atoms with E-state index in [4.69, 9.17) is 5.11 Å². The van der Waals surface area contributed by atoms with Crippen LogP contribution < -0.4 is 10.9 Å². The molecule has 1 aromatic heterocycles. The molecule has 1 saturated carbocycles. The summed E-state index contributed by atoms with van der Waals surface area (Å²) in [5, 5.41) is 11.5. The molecule has 1 aliphatic carbocycles. The Labute approximate surface area is 103 Å². The van der Waals surface area contributed by atoms with Gasteiger partial charge < -0.3 is 15.0 Å². The molecule has 18 heavy (non-hydrogen) atoms. The van der Waals surface area contributed by atoms with Crippen molar-refractivity contribution in [1.29, 1.82) is 0 Å². The summed E-state index contributed by atoms with van der Waals surface area (Å²) in [7, 11) is 1.58. The van der Waals surface area contributed by atoms with Crippen molar-refractivity contribution in [2.24, 2.45) is 18.9 Å². The van der Waals surface area contributed by atoms with Crippen LogP contribution >= 0.6 is 0 Å². The van der Waals surface area contributed by atoms with Gasteiger partial charge in [-0.3, -0.25) is 14.4 Å². The summed E-state index contributed by atoms with van der Waals surface area (Å²) in [5.41, 5.74) is 0.332. The topological polar surface area (TPSA) is 88.4 Å². The highest BCUT2D eigenvalue weighted by Gasteiger charge is 2.41. The third-order valence-electron chi connectivity index (χ3n) is 3.28. The van der Waals surface area contributed by atoms with Gasteiger partial charge in [0.05, 0.1) is 17.5 Å². The van der Waals surface area contributed by atoms with E-state index < -0.39 is 17.8 Å². The largest absolute Gasteiger partial charge is 0.481 e. The van der Waals surface area contributed by atoms with Gasteiger partial charge in [-0.1, -0.05) is 0 Å². The van der Waals surface area contributed by atoms with E-state index in [0.717, 1.165) is 0 Å². The Balaban J connectivity index is 2.05. The number of carboxylic acid groups (broad SMARTS) is 1. The number of carbonyl (C=O) groups excluding carboxylic acids is 1. The molecule has 1 amide bonds. The minimum atomic E-state index is -0.929. The molecule has 0 radical (unpaired) electrons. The van der Waals surface area contributed by atoms with Gasteiger partial charge in [0.1, 0.15) is 0 Å². The van der Waals surface area contributed by atoms with Gasteiger partial charge in [-0.15, -0.1) is 0 Å². The van der Waals surface area contributed by atoms with E-state index in [-0.39, 0.29) is 11.5 Å². The van der Waals surface area contributed by atoms with Gasteiger partial charge in [-0.25, -0.2) is 0 Å². The van der Waals surface area contributed by atoms with Crippen LogP contribution in [-0.2, 0) is 16.6 Å². The molecule has 96 valence electrons. The van der Waals surface area contributed by atoms with Gasteiger partial charge in [0.2, 0.25) is 11.5 Å². The number of aromatic nitrogens is 1. The van der Waals surface area contributed by atoms with E-state index in [1.54, 1.807) is 7.05 Å². The van der Waals surface area contributed by atoms with Gasteiger partial charge in [0.25, 0.3) is 0 Å². The van der Waals surface area contributed by atoms with Crippen LogP contribution in [-0.4, -0.2) is 21.6 Å². The number of amides is 1. The van der Waals surface area contributed by atoms with Crippen LogP contribution in [0.3, 0.4) is 0 Å². The number of hydrogen-bond donors (Lipinski definition) is 2. The number of aryl methyl sites for hydroxylation is 1. The molecule has 2 unspecified atom stereocenters. The van der Waals surface area contributed by atoms with E-state index in [1.165, 1.54) is 22.9 Å². The Morgan fingerprint density at radius 3 is 2.50 bits per heavy atom. The number of anilines is 1. The quantitative estimate of drug-likeness (QED) is 0.814. The summed E-state index contributed by atoms with van der Waals surface area (Å²) in [6, 6.07) is 2.86. The lowest BCUT2D eigenvalue weighted by Crippen LogP contribution is -2.41. The molecular weight excluding hydrogens is 236 g/mol. The van der Waals surface area contributed by atoms with E-state index in [9.17, 15) is 14.4 Å². The lowest BCUT2D eigenvalue weighted by molar-refractivity contribution is -0.151. The number of carboxylic acids is 1. The summed E-state index contributed by atoms with van der Waals surface area (Å²) in [4.78, 5) is 33.8. The second kappa shape index (κ2) is 4.64. The molecule has 2 atom stereocenters. The Morgan fingerprint density at radius 2 is 2.00 bits per heavy atom. The van der Waals surface area contributed by atoms with Crippen molar-refractivity contribution < 1.29 is 14.7 Å². The van der Waals surface area contributed by atoms with Crippen LogP contribution in [0, 0.1) is 11.8 Å². The molecule has 0 spiro atoms. The Morgan fingerprint density at radius 1 is 1.33 bits per heavy atom. The first kappa shape index (κ1) is 12.3. The van der Waals surface area contributed by atoms with Crippen LogP contribution in [0.15, 0.2) is 23.1 Å². The average molecular weight is 250 g/mol. The van der Waals surface area contributed by atoms with E-state index in [2.05, 4.69) is 5.32 Å². The van der Waals surface area contributed by atoms with Crippen molar-refractivity contribution in [1.82, 2.24) is 4.57 Å². The Kier molecular flexibility index (Phi) is 3.18. The number of nitrogens with one attached hydrogen (secondary N) is 1. The van der Waals surface area contributed by atoms with Gasteiger partial charge in [0.15, 0.2) is 0 Å². The fourth-order valence-electron chi connectivity index (χ4n) is 2.01. The van der Waals surface area contributed by atoms with Crippen LogP contribution in [0.25, 0.3) is 0 Å². The first-order chi connectivity index (χ1) is 8.49. The number of carbonyl (C=O) groups is 2. The van der Waals surface area contributed by atoms with Gasteiger partial charge in [-0.2, -0.15) is 0 Å². The highest BCUT2D eigenvalue weighted by atomic mass is 16.4. The zero-order valence-corrected chi connectivity index (χ0v) is 9.92. The third kappa shape index (κ3) is 2.27. The molecule has 6 nitrogen and oxygen atoms in total. The zero-order valence-electron chi connectivity index (χ0n) is 9.92. The molecule has 0 bridgehead atoms. The second-order valence-electron chi connectivity index (χ2n) is 4.48. The molecule has 1 aromatic rings. The minimum Gasteiger partial charge on any atom is -0.481 e. The molecule has 2 N–H and O–H groups in total. The van der Waals surface area contributed by atoms with Gasteiger partial charge in [0, 0.05) is 19.3 Å². The number of nitrogens with zero attached hydrogens (tertiary/aromatic N) is 1. The summed E-state index contributed by atoms with van der Waals surface area (Å²) >= 11 is 0. The van der Waals surface area contributed by atoms with E-state index in [1.807, 2.05) is 0 Å². The first-order valence-electron chi connectivity index (χ1n) is 5.69. The highest BCUT2D eigenvalue weighted by Crippen LogP contribution is 2.35. The van der Waals surface area contributed by atoms with Gasteiger partial charge in [-0.05, 0) is 18.9 Å². The summed E-state index contributed by atoms with van der Waals surface area (Å²) in [6.07, 6.45) is 2.64. The molecule has 2 rings (SSSR count). The third-order valence-corrected chi connectivity index (χ3v) is 3.28. The summed E-state index contributed by atoms with van der Waals surface area (Å²) in [5.74, 6) is -2.29. The molecular formula is C12H14N2O4. The van der Waals surface area contributed by atoms with Crippen LogP contribution in [0.1, 0.15) is 12.8 Å². The monoisotopic (exact) mass is 250 g/mol. The summed E-state index contributed by atoms with van der Waals surface area (Å²) in [6.45, 7) is 0. The maximum absolute atomic E-state index is 11.8. The molecule has 0 aliphatic heterocycles. The number of hydrogen-bond acceptors (Lipinski definition) is 3. The van der Waals surface area contributed by atoms with Crippen molar-refractivity contribution in [2.75, 3.05) is 5.32 Å². The van der Waals surface area contributed by atoms with Crippen molar-refractivity contribution >= 4 is 17.6 Å². The number of rotatable bonds is 3. The van der Waals surface area contributed by atoms with Crippen molar-refractivity contribution in [3.8, 4) is 0 Å². The van der Waals surface area contributed by atoms with Crippen molar-refractivity contribution in [3.05, 3.63) is 28.7 Å².